The second kappa shape index (κ2) is 5.82. The van der Waals surface area contributed by atoms with Gasteiger partial charge in [-0.3, -0.25) is 0 Å². The summed E-state index contributed by atoms with van der Waals surface area (Å²) in [6.07, 6.45) is 0. The molecule has 1 aromatic rings. The maximum Gasteiger partial charge on any atom is 0.167 e. The maximum atomic E-state index is 13.3. The Hall–Kier alpha value is -0.940. The van der Waals surface area contributed by atoms with Crippen molar-refractivity contribution in [2.45, 2.75) is 11.8 Å². The highest BCUT2D eigenvalue weighted by Crippen LogP contribution is 2.31. The van der Waals surface area contributed by atoms with Crippen LogP contribution in [-0.2, 0) is 0 Å². The van der Waals surface area contributed by atoms with Gasteiger partial charge in [-0.25, -0.2) is 4.39 Å². The van der Waals surface area contributed by atoms with Gasteiger partial charge in [-0.2, -0.15) is 0 Å². The summed E-state index contributed by atoms with van der Waals surface area (Å²) in [7, 11) is 0. The molecular weight excluding hydrogens is 217 g/mol. The lowest BCUT2D eigenvalue weighted by Crippen LogP contribution is -1.98. The van der Waals surface area contributed by atoms with Gasteiger partial charge in [0, 0.05) is 22.4 Å². The number of halogens is 1. The Kier molecular flexibility index (Phi) is 4.71. The zero-order valence-electron chi connectivity index (χ0n) is 8.50. The molecule has 0 aromatic heterocycles. The number of anilines is 1. The summed E-state index contributed by atoms with van der Waals surface area (Å²) >= 11 is 1.37. The quantitative estimate of drug-likeness (QED) is 0.600. The van der Waals surface area contributed by atoms with Crippen LogP contribution in [0.1, 0.15) is 6.92 Å². The summed E-state index contributed by atoms with van der Waals surface area (Å²) in [4.78, 5) is 0.730. The first kappa shape index (κ1) is 12.1. The van der Waals surface area contributed by atoms with Gasteiger partial charge in [0.25, 0.3) is 0 Å². The van der Waals surface area contributed by atoms with Gasteiger partial charge in [-0.15, -0.1) is 11.8 Å². The average Bonchev–Trinajstić information content (AvgIpc) is 2.20. The Morgan fingerprint density at radius 3 is 2.87 bits per heavy atom. The molecule has 3 nitrogen and oxygen atoms in total. The van der Waals surface area contributed by atoms with E-state index < -0.39 is 5.82 Å². The predicted molar refractivity (Wildman–Crippen MR) is 59.8 cm³/mol. The third kappa shape index (κ3) is 3.28. The Labute approximate surface area is 92.4 Å². The van der Waals surface area contributed by atoms with E-state index in [4.69, 9.17) is 15.6 Å². The molecular formula is C10H14FNO2S. The molecule has 0 radical (unpaired) electrons. The fraction of sp³-hybridized carbons (Fsp3) is 0.400. The minimum Gasteiger partial charge on any atom is -0.491 e. The third-order valence-electron chi connectivity index (χ3n) is 1.71. The molecule has 0 aliphatic heterocycles. The molecule has 0 unspecified atom stereocenters. The third-order valence-corrected chi connectivity index (χ3v) is 2.76. The van der Waals surface area contributed by atoms with Crippen molar-refractivity contribution in [2.24, 2.45) is 0 Å². The van der Waals surface area contributed by atoms with E-state index in [1.807, 2.05) is 0 Å². The van der Waals surface area contributed by atoms with Gasteiger partial charge >= 0.3 is 0 Å². The number of benzene rings is 1. The highest BCUT2D eigenvalue weighted by molar-refractivity contribution is 7.99. The molecule has 0 saturated heterocycles. The molecule has 0 amide bonds. The summed E-state index contributed by atoms with van der Waals surface area (Å²) in [6.45, 7) is 2.26. The number of rotatable bonds is 5. The summed E-state index contributed by atoms with van der Waals surface area (Å²) in [5, 5.41) is 8.68. The Bertz CT molecular complexity index is 333. The smallest absolute Gasteiger partial charge is 0.167 e. The lowest BCUT2D eigenvalue weighted by Gasteiger charge is -2.09. The van der Waals surface area contributed by atoms with Crippen molar-refractivity contribution in [2.75, 3.05) is 24.7 Å². The van der Waals surface area contributed by atoms with Crippen molar-refractivity contribution in [1.29, 1.82) is 0 Å². The monoisotopic (exact) mass is 231 g/mol. The van der Waals surface area contributed by atoms with E-state index >= 15 is 0 Å². The molecule has 3 N–H and O–H groups in total. The van der Waals surface area contributed by atoms with Crippen LogP contribution in [0.2, 0.25) is 0 Å². The van der Waals surface area contributed by atoms with Gasteiger partial charge in [0.15, 0.2) is 11.6 Å². The first-order valence-electron chi connectivity index (χ1n) is 4.64. The van der Waals surface area contributed by atoms with Crippen LogP contribution in [0.4, 0.5) is 10.1 Å². The van der Waals surface area contributed by atoms with Crippen LogP contribution in [0, 0.1) is 5.82 Å². The molecule has 0 saturated carbocycles. The number of ether oxygens (including phenoxy) is 1. The van der Waals surface area contributed by atoms with Gasteiger partial charge in [-0.05, 0) is 13.0 Å². The SMILES string of the molecule is CCOc1cc(SCCO)c(N)cc1F. The van der Waals surface area contributed by atoms with Crippen molar-refractivity contribution in [3.8, 4) is 5.75 Å². The fourth-order valence-electron chi connectivity index (χ4n) is 1.10. The molecule has 0 aliphatic carbocycles. The normalized spacial score (nSPS) is 10.3. The van der Waals surface area contributed by atoms with Crippen molar-refractivity contribution in [1.82, 2.24) is 0 Å². The van der Waals surface area contributed by atoms with E-state index in [1.165, 1.54) is 17.8 Å². The van der Waals surface area contributed by atoms with Gasteiger partial charge in [-0.1, -0.05) is 0 Å². The summed E-state index contributed by atoms with van der Waals surface area (Å²) in [6, 6.07) is 2.80. The number of nitrogens with two attached hydrogens (primary N) is 1. The molecule has 0 fully saturated rings. The number of nitrogen functional groups attached to an aromatic ring is 1. The van der Waals surface area contributed by atoms with Gasteiger partial charge in [0.2, 0.25) is 0 Å². The van der Waals surface area contributed by atoms with Gasteiger partial charge < -0.3 is 15.6 Å². The van der Waals surface area contributed by atoms with Crippen molar-refractivity contribution >= 4 is 17.4 Å². The average molecular weight is 231 g/mol. The van der Waals surface area contributed by atoms with Crippen molar-refractivity contribution in [3.63, 3.8) is 0 Å². The standard InChI is InChI=1S/C10H14FNO2S/c1-2-14-9-6-10(15-4-3-13)8(12)5-7(9)11/h5-6,13H,2-4,12H2,1H3. The highest BCUT2D eigenvalue weighted by atomic mass is 32.2. The Balaban J connectivity index is 2.90. The molecule has 5 heteroatoms. The number of thioether (sulfide) groups is 1. The van der Waals surface area contributed by atoms with Crippen LogP contribution in [0.15, 0.2) is 17.0 Å². The summed E-state index contributed by atoms with van der Waals surface area (Å²) in [5.41, 5.74) is 6.00. The predicted octanol–water partition coefficient (Wildman–Crippen LogP) is 1.89. The molecule has 0 spiro atoms. The van der Waals surface area contributed by atoms with Gasteiger partial charge in [0.1, 0.15) is 0 Å². The summed E-state index contributed by atoms with van der Waals surface area (Å²) in [5.74, 6) is 0.274. The fourth-order valence-corrected chi connectivity index (χ4v) is 1.82. The van der Waals surface area contributed by atoms with Crippen LogP contribution < -0.4 is 10.5 Å². The molecule has 0 aliphatic rings. The first-order valence-corrected chi connectivity index (χ1v) is 5.63. The zero-order valence-corrected chi connectivity index (χ0v) is 9.31. The number of hydrogen-bond donors (Lipinski definition) is 2. The van der Waals surface area contributed by atoms with Crippen molar-refractivity contribution < 1.29 is 14.2 Å². The van der Waals surface area contributed by atoms with Crippen LogP contribution in [-0.4, -0.2) is 24.1 Å². The van der Waals surface area contributed by atoms with Gasteiger partial charge in [0.05, 0.1) is 13.2 Å². The Morgan fingerprint density at radius 2 is 2.27 bits per heavy atom. The van der Waals surface area contributed by atoms with E-state index in [9.17, 15) is 4.39 Å². The van der Waals surface area contributed by atoms with E-state index in [1.54, 1.807) is 13.0 Å². The van der Waals surface area contributed by atoms with Crippen LogP contribution >= 0.6 is 11.8 Å². The minimum atomic E-state index is -0.456. The molecule has 1 aromatic carbocycles. The Morgan fingerprint density at radius 1 is 1.53 bits per heavy atom. The second-order valence-corrected chi connectivity index (χ2v) is 3.96. The van der Waals surface area contributed by atoms with E-state index in [2.05, 4.69) is 0 Å². The molecule has 0 bridgehead atoms. The molecule has 0 atom stereocenters. The largest absolute Gasteiger partial charge is 0.491 e. The molecule has 1 rings (SSSR count). The topological polar surface area (TPSA) is 55.5 Å². The van der Waals surface area contributed by atoms with Crippen molar-refractivity contribution in [3.05, 3.63) is 17.9 Å². The van der Waals surface area contributed by atoms with E-state index in [0.29, 0.717) is 18.0 Å². The maximum absolute atomic E-state index is 13.3. The number of hydrogen-bond acceptors (Lipinski definition) is 4. The first-order chi connectivity index (χ1) is 7.19. The highest BCUT2D eigenvalue weighted by Gasteiger charge is 2.08. The zero-order chi connectivity index (χ0) is 11.3. The molecule has 15 heavy (non-hydrogen) atoms. The van der Waals surface area contributed by atoms with Crippen LogP contribution in [0.5, 0.6) is 5.75 Å². The lowest BCUT2D eigenvalue weighted by atomic mass is 10.3. The van der Waals surface area contributed by atoms with E-state index in [0.717, 1.165) is 4.90 Å². The van der Waals surface area contributed by atoms with Crippen LogP contribution in [0.25, 0.3) is 0 Å². The minimum absolute atomic E-state index is 0.0610. The molecule has 0 heterocycles. The van der Waals surface area contributed by atoms with Crippen LogP contribution in [0.3, 0.4) is 0 Å². The lowest BCUT2D eigenvalue weighted by molar-refractivity contribution is 0.320. The number of aliphatic hydroxyl groups is 1. The second-order valence-electron chi connectivity index (χ2n) is 2.83. The summed E-state index contributed by atoms with van der Waals surface area (Å²) < 4.78 is 18.4. The molecule has 84 valence electrons. The van der Waals surface area contributed by atoms with E-state index in [-0.39, 0.29) is 12.4 Å². The number of aliphatic hydroxyl groups excluding tert-OH is 1.